The van der Waals surface area contributed by atoms with Crippen LogP contribution in [0.3, 0.4) is 0 Å². The van der Waals surface area contributed by atoms with Gasteiger partial charge in [-0.2, -0.15) is 4.89 Å². The number of pyridine rings is 1. The molecule has 60 valence electrons. The van der Waals surface area contributed by atoms with Gasteiger partial charge in [-0.25, -0.2) is 0 Å². The molecule has 0 bridgehead atoms. The third-order valence-electron chi connectivity index (χ3n) is 1.13. The molecule has 11 heavy (non-hydrogen) atoms. The Morgan fingerprint density at radius 3 is 2.91 bits per heavy atom. The lowest BCUT2D eigenvalue weighted by Crippen LogP contribution is -1.94. The Bertz CT molecular complexity index is 252. The number of rotatable bonds is 2. The summed E-state index contributed by atoms with van der Waals surface area (Å²) in [6.45, 7) is 1.90. The SMILES string of the molecule is COOc1cc(C)ncc1I. The summed E-state index contributed by atoms with van der Waals surface area (Å²) in [4.78, 5) is 13.5. The van der Waals surface area contributed by atoms with Crippen LogP contribution in [0.5, 0.6) is 5.75 Å². The van der Waals surface area contributed by atoms with Gasteiger partial charge in [0.15, 0.2) is 5.75 Å². The van der Waals surface area contributed by atoms with Crippen molar-refractivity contribution in [2.45, 2.75) is 6.92 Å². The van der Waals surface area contributed by atoms with Crippen LogP contribution in [-0.2, 0) is 4.89 Å². The average molecular weight is 265 g/mol. The fourth-order valence-electron chi connectivity index (χ4n) is 0.672. The monoisotopic (exact) mass is 265 g/mol. The van der Waals surface area contributed by atoms with Crippen LogP contribution < -0.4 is 4.89 Å². The van der Waals surface area contributed by atoms with E-state index in [1.165, 1.54) is 7.11 Å². The summed E-state index contributed by atoms with van der Waals surface area (Å²) < 4.78 is 0.940. The van der Waals surface area contributed by atoms with Gasteiger partial charge in [-0.3, -0.25) is 4.98 Å². The fourth-order valence-corrected chi connectivity index (χ4v) is 1.06. The Morgan fingerprint density at radius 1 is 1.55 bits per heavy atom. The molecule has 0 atom stereocenters. The van der Waals surface area contributed by atoms with E-state index < -0.39 is 0 Å². The zero-order valence-electron chi connectivity index (χ0n) is 6.30. The molecule has 0 saturated carbocycles. The first kappa shape index (κ1) is 8.73. The molecule has 0 radical (unpaired) electrons. The maximum absolute atomic E-state index is 4.87. The van der Waals surface area contributed by atoms with Crippen molar-refractivity contribution >= 4 is 22.6 Å². The van der Waals surface area contributed by atoms with Gasteiger partial charge in [-0.1, -0.05) is 0 Å². The van der Waals surface area contributed by atoms with Gasteiger partial charge in [0.2, 0.25) is 0 Å². The Labute approximate surface area is 78.8 Å². The molecule has 0 fully saturated rings. The van der Waals surface area contributed by atoms with E-state index in [-0.39, 0.29) is 0 Å². The van der Waals surface area contributed by atoms with Crippen molar-refractivity contribution in [2.24, 2.45) is 0 Å². The van der Waals surface area contributed by atoms with E-state index in [0.717, 1.165) is 9.26 Å². The molecule has 0 aliphatic carbocycles. The molecule has 4 heteroatoms. The van der Waals surface area contributed by atoms with Gasteiger partial charge >= 0.3 is 0 Å². The van der Waals surface area contributed by atoms with Gasteiger partial charge in [0.25, 0.3) is 0 Å². The smallest absolute Gasteiger partial charge is 0.182 e. The van der Waals surface area contributed by atoms with Crippen LogP contribution in [0, 0.1) is 10.5 Å². The normalized spacial score (nSPS) is 9.73. The standard InChI is InChI=1S/C7H8INO2/c1-5-3-7(11-10-2)6(8)4-9-5/h3-4H,1-2H3. The van der Waals surface area contributed by atoms with Gasteiger partial charge in [-0.05, 0) is 29.5 Å². The van der Waals surface area contributed by atoms with E-state index in [4.69, 9.17) is 4.89 Å². The average Bonchev–Trinajstić information content (AvgIpc) is 1.98. The van der Waals surface area contributed by atoms with Crippen LogP contribution >= 0.6 is 22.6 Å². The first-order valence-corrected chi connectivity index (χ1v) is 4.14. The van der Waals surface area contributed by atoms with Gasteiger partial charge in [0.1, 0.15) is 0 Å². The highest BCUT2D eigenvalue weighted by Gasteiger charge is 2.01. The zero-order valence-corrected chi connectivity index (χ0v) is 8.45. The maximum atomic E-state index is 4.87. The largest absolute Gasteiger partial charge is 0.337 e. The van der Waals surface area contributed by atoms with Gasteiger partial charge in [0, 0.05) is 18.0 Å². The second-order valence-electron chi connectivity index (χ2n) is 2.01. The molecule has 0 saturated heterocycles. The number of aryl methyl sites for hydroxylation is 1. The van der Waals surface area contributed by atoms with Crippen molar-refractivity contribution in [2.75, 3.05) is 7.11 Å². The summed E-state index contributed by atoms with van der Waals surface area (Å²) in [6.07, 6.45) is 1.74. The third-order valence-corrected chi connectivity index (χ3v) is 1.94. The predicted molar refractivity (Wildman–Crippen MR) is 49.3 cm³/mol. The molecule has 0 N–H and O–H groups in total. The molecule has 1 aromatic heterocycles. The van der Waals surface area contributed by atoms with Gasteiger partial charge in [-0.15, -0.1) is 0 Å². The lowest BCUT2D eigenvalue weighted by Gasteiger charge is -2.02. The summed E-state index contributed by atoms with van der Waals surface area (Å²) in [5.74, 6) is 0.709. The molecule has 1 rings (SSSR count). The van der Waals surface area contributed by atoms with E-state index in [9.17, 15) is 0 Å². The Morgan fingerprint density at radius 2 is 2.27 bits per heavy atom. The summed E-state index contributed by atoms with van der Waals surface area (Å²) >= 11 is 2.13. The molecule has 0 aromatic carbocycles. The highest BCUT2D eigenvalue weighted by Crippen LogP contribution is 2.19. The summed E-state index contributed by atoms with van der Waals surface area (Å²) in [6, 6.07) is 1.82. The maximum Gasteiger partial charge on any atom is 0.182 e. The molecule has 3 nitrogen and oxygen atoms in total. The number of nitrogens with zero attached hydrogens (tertiary/aromatic N) is 1. The zero-order chi connectivity index (χ0) is 8.27. The number of hydrogen-bond acceptors (Lipinski definition) is 3. The predicted octanol–water partition coefficient (Wildman–Crippen LogP) is 1.93. The number of halogens is 1. The van der Waals surface area contributed by atoms with Crippen LogP contribution in [-0.4, -0.2) is 12.1 Å². The van der Waals surface area contributed by atoms with Crippen LogP contribution in [0.1, 0.15) is 5.69 Å². The van der Waals surface area contributed by atoms with Crippen molar-refractivity contribution in [1.29, 1.82) is 0 Å². The molecule has 0 aliphatic heterocycles. The van der Waals surface area contributed by atoms with Crippen molar-refractivity contribution in [1.82, 2.24) is 4.98 Å². The molecule has 0 amide bonds. The summed E-state index contributed by atoms with van der Waals surface area (Å²) in [7, 11) is 1.48. The van der Waals surface area contributed by atoms with E-state index >= 15 is 0 Å². The lowest BCUT2D eigenvalue weighted by molar-refractivity contribution is -0.178. The minimum absolute atomic E-state index is 0.709. The second-order valence-corrected chi connectivity index (χ2v) is 3.17. The van der Waals surface area contributed by atoms with Crippen LogP contribution in [0.4, 0.5) is 0 Å². The first-order valence-electron chi connectivity index (χ1n) is 3.07. The van der Waals surface area contributed by atoms with E-state index in [1.54, 1.807) is 6.20 Å². The van der Waals surface area contributed by atoms with Gasteiger partial charge in [0.05, 0.1) is 10.7 Å². The topological polar surface area (TPSA) is 31.4 Å². The molecular weight excluding hydrogens is 257 g/mol. The Kier molecular flexibility index (Phi) is 3.07. The van der Waals surface area contributed by atoms with Crippen LogP contribution in [0.2, 0.25) is 0 Å². The molecule has 0 aliphatic rings. The minimum Gasteiger partial charge on any atom is -0.337 e. The van der Waals surface area contributed by atoms with Crippen LogP contribution in [0.15, 0.2) is 12.3 Å². The highest BCUT2D eigenvalue weighted by atomic mass is 127. The quantitative estimate of drug-likeness (QED) is 0.465. The highest BCUT2D eigenvalue weighted by molar-refractivity contribution is 14.1. The van der Waals surface area contributed by atoms with Crippen molar-refractivity contribution in [3.05, 3.63) is 21.5 Å². The number of hydrogen-bond donors (Lipinski definition) is 0. The van der Waals surface area contributed by atoms with Crippen molar-refractivity contribution < 1.29 is 9.78 Å². The van der Waals surface area contributed by atoms with E-state index in [0.29, 0.717) is 5.75 Å². The summed E-state index contributed by atoms with van der Waals surface area (Å²) in [5.41, 5.74) is 0.914. The first-order chi connectivity index (χ1) is 5.24. The Hall–Kier alpha value is -0.360. The fraction of sp³-hybridized carbons (Fsp3) is 0.286. The second kappa shape index (κ2) is 3.87. The third kappa shape index (κ3) is 2.30. The molecule has 0 unspecified atom stereocenters. The van der Waals surface area contributed by atoms with Crippen molar-refractivity contribution in [3.8, 4) is 5.75 Å². The lowest BCUT2D eigenvalue weighted by atomic mass is 10.4. The van der Waals surface area contributed by atoms with Gasteiger partial charge < -0.3 is 4.89 Å². The molecule has 1 aromatic rings. The summed E-state index contributed by atoms with van der Waals surface area (Å²) in [5, 5.41) is 0. The Balaban J connectivity index is 2.93. The number of aromatic nitrogens is 1. The molecule has 0 spiro atoms. The molecular formula is C7H8INO2. The molecule has 1 heterocycles. The minimum atomic E-state index is 0.709. The van der Waals surface area contributed by atoms with E-state index in [2.05, 4.69) is 32.5 Å². The van der Waals surface area contributed by atoms with Crippen molar-refractivity contribution in [3.63, 3.8) is 0 Å². The van der Waals surface area contributed by atoms with Crippen LogP contribution in [0.25, 0.3) is 0 Å². The van der Waals surface area contributed by atoms with E-state index in [1.807, 2.05) is 13.0 Å².